The van der Waals surface area contributed by atoms with Gasteiger partial charge < -0.3 is 10.1 Å². The lowest BCUT2D eigenvalue weighted by atomic mass is 9.99. The molecule has 2 heterocycles. The van der Waals surface area contributed by atoms with E-state index in [1.54, 1.807) is 11.3 Å². The molecule has 78 valence electrons. The first-order chi connectivity index (χ1) is 6.59. The number of thiophene rings is 1. The zero-order valence-electron chi connectivity index (χ0n) is 8.34. The van der Waals surface area contributed by atoms with E-state index in [9.17, 15) is 0 Å². The quantitative estimate of drug-likeness (QED) is 0.843. The van der Waals surface area contributed by atoms with Crippen molar-refractivity contribution in [1.29, 1.82) is 0 Å². The van der Waals surface area contributed by atoms with Crippen LogP contribution in [-0.4, -0.2) is 18.2 Å². The van der Waals surface area contributed by atoms with Crippen molar-refractivity contribution in [3.05, 3.63) is 15.8 Å². The van der Waals surface area contributed by atoms with E-state index < -0.39 is 0 Å². The molecule has 0 spiro atoms. The number of rotatable bonds is 2. The fourth-order valence-corrected chi connectivity index (χ4v) is 2.57. The Morgan fingerprint density at radius 1 is 1.64 bits per heavy atom. The topological polar surface area (TPSA) is 21.3 Å². The lowest BCUT2D eigenvalue weighted by Crippen LogP contribution is -2.37. The van der Waals surface area contributed by atoms with E-state index in [4.69, 9.17) is 16.3 Å². The summed E-state index contributed by atoms with van der Waals surface area (Å²) in [6.07, 6.45) is 1.04. The fourth-order valence-electron chi connectivity index (χ4n) is 1.72. The first kappa shape index (κ1) is 10.3. The van der Waals surface area contributed by atoms with E-state index in [-0.39, 0.29) is 5.60 Å². The molecular weight excluding hydrogens is 218 g/mol. The largest absolute Gasteiger partial charge is 0.377 e. The summed E-state index contributed by atoms with van der Waals surface area (Å²) in [6.45, 7) is 5.04. The minimum absolute atomic E-state index is 0.0920. The summed E-state index contributed by atoms with van der Waals surface area (Å²) in [7, 11) is 0. The van der Waals surface area contributed by atoms with Gasteiger partial charge in [0.2, 0.25) is 0 Å². The lowest BCUT2D eigenvalue weighted by Gasteiger charge is -2.27. The van der Waals surface area contributed by atoms with Gasteiger partial charge >= 0.3 is 0 Å². The van der Waals surface area contributed by atoms with E-state index in [0.29, 0.717) is 6.04 Å². The molecule has 0 bridgehead atoms. The Labute approximate surface area is 93.2 Å². The first-order valence-corrected chi connectivity index (χ1v) is 5.99. The van der Waals surface area contributed by atoms with Crippen molar-refractivity contribution >= 4 is 28.6 Å². The number of hydrogen-bond acceptors (Lipinski definition) is 3. The third-order valence-electron chi connectivity index (χ3n) is 2.67. The molecule has 0 aromatic carbocycles. The third-order valence-corrected chi connectivity index (χ3v) is 3.84. The molecule has 2 rings (SSSR count). The van der Waals surface area contributed by atoms with Gasteiger partial charge in [0, 0.05) is 6.61 Å². The van der Waals surface area contributed by atoms with Crippen LogP contribution in [0, 0.1) is 0 Å². The first-order valence-electron chi connectivity index (χ1n) is 4.73. The van der Waals surface area contributed by atoms with Crippen LogP contribution in [-0.2, 0) is 4.74 Å². The van der Waals surface area contributed by atoms with E-state index in [0.717, 1.165) is 23.1 Å². The summed E-state index contributed by atoms with van der Waals surface area (Å²) < 4.78 is 6.47. The molecule has 2 nitrogen and oxygen atoms in total. The van der Waals surface area contributed by atoms with Gasteiger partial charge in [-0.05, 0) is 31.7 Å². The van der Waals surface area contributed by atoms with Crippen molar-refractivity contribution < 1.29 is 4.74 Å². The number of ether oxygens (including phenoxy) is 1. The van der Waals surface area contributed by atoms with Gasteiger partial charge in [-0.3, -0.25) is 0 Å². The highest BCUT2D eigenvalue weighted by molar-refractivity contribution is 7.15. The molecule has 0 amide bonds. The van der Waals surface area contributed by atoms with Crippen LogP contribution < -0.4 is 5.32 Å². The van der Waals surface area contributed by atoms with Crippen LogP contribution in [0.25, 0.3) is 0 Å². The Morgan fingerprint density at radius 2 is 2.43 bits per heavy atom. The molecule has 0 aliphatic carbocycles. The van der Waals surface area contributed by atoms with E-state index in [2.05, 4.69) is 19.2 Å². The second-order valence-corrected chi connectivity index (χ2v) is 5.56. The van der Waals surface area contributed by atoms with Gasteiger partial charge in [-0.1, -0.05) is 11.6 Å². The number of anilines is 1. The van der Waals surface area contributed by atoms with E-state index in [1.165, 1.54) is 0 Å². The maximum Gasteiger partial charge on any atom is 0.116 e. The van der Waals surface area contributed by atoms with Crippen molar-refractivity contribution in [3.8, 4) is 0 Å². The molecular formula is C10H14ClNOS. The molecule has 1 aliphatic heterocycles. The highest BCUT2D eigenvalue weighted by Gasteiger charge is 2.35. The van der Waals surface area contributed by atoms with Crippen LogP contribution in [0.3, 0.4) is 0 Å². The molecule has 1 N–H and O–H groups in total. The molecule has 1 aliphatic rings. The maximum absolute atomic E-state index is 6.03. The molecule has 14 heavy (non-hydrogen) atoms. The zero-order valence-corrected chi connectivity index (χ0v) is 9.91. The SMILES string of the molecule is CC1(C)OCCC1Nc1ccsc1Cl. The predicted octanol–water partition coefficient (Wildman–Crippen LogP) is 3.38. The summed E-state index contributed by atoms with van der Waals surface area (Å²) in [5.74, 6) is 0. The molecule has 4 heteroatoms. The molecule has 1 fully saturated rings. The normalized spacial score (nSPS) is 25.2. The second-order valence-electron chi connectivity index (χ2n) is 4.05. The van der Waals surface area contributed by atoms with E-state index >= 15 is 0 Å². The highest BCUT2D eigenvalue weighted by Crippen LogP contribution is 2.33. The van der Waals surface area contributed by atoms with Gasteiger partial charge in [-0.15, -0.1) is 11.3 Å². The summed E-state index contributed by atoms with van der Waals surface area (Å²) in [6, 6.07) is 2.37. The number of hydrogen-bond donors (Lipinski definition) is 1. The van der Waals surface area contributed by atoms with Crippen LogP contribution in [0.4, 0.5) is 5.69 Å². The summed E-state index contributed by atoms with van der Waals surface area (Å²) in [5, 5.41) is 5.43. The van der Waals surface area contributed by atoms with Crippen LogP contribution in [0.15, 0.2) is 11.4 Å². The summed E-state index contributed by atoms with van der Waals surface area (Å²) >= 11 is 7.58. The monoisotopic (exact) mass is 231 g/mol. The summed E-state index contributed by atoms with van der Waals surface area (Å²) in [4.78, 5) is 0. The molecule has 1 aromatic heterocycles. The molecule has 0 saturated carbocycles. The fraction of sp³-hybridized carbons (Fsp3) is 0.600. The van der Waals surface area contributed by atoms with Gasteiger partial charge in [0.1, 0.15) is 4.34 Å². The van der Waals surface area contributed by atoms with Crippen LogP contribution in [0.2, 0.25) is 4.34 Å². The zero-order chi connectivity index (χ0) is 10.2. The average Bonchev–Trinajstić information content (AvgIpc) is 2.62. The molecule has 1 saturated heterocycles. The van der Waals surface area contributed by atoms with Gasteiger partial charge in [-0.25, -0.2) is 0 Å². The Kier molecular flexibility index (Phi) is 2.73. The summed E-state index contributed by atoms with van der Waals surface area (Å²) in [5.41, 5.74) is 0.936. The minimum Gasteiger partial charge on any atom is -0.377 e. The van der Waals surface area contributed by atoms with Gasteiger partial charge in [-0.2, -0.15) is 0 Å². The Morgan fingerprint density at radius 3 is 2.93 bits per heavy atom. The van der Waals surface area contributed by atoms with Crippen LogP contribution in [0.1, 0.15) is 20.3 Å². The second kappa shape index (κ2) is 3.72. The minimum atomic E-state index is -0.0920. The lowest BCUT2D eigenvalue weighted by molar-refractivity contribution is 0.0315. The smallest absolute Gasteiger partial charge is 0.116 e. The van der Waals surface area contributed by atoms with Crippen molar-refractivity contribution in [1.82, 2.24) is 0 Å². The predicted molar refractivity (Wildman–Crippen MR) is 61.4 cm³/mol. The van der Waals surface area contributed by atoms with Gasteiger partial charge in [0.25, 0.3) is 0 Å². The van der Waals surface area contributed by atoms with Crippen LogP contribution in [0.5, 0.6) is 0 Å². The Bertz CT molecular complexity index is 324. The van der Waals surface area contributed by atoms with Crippen LogP contribution >= 0.6 is 22.9 Å². The van der Waals surface area contributed by atoms with Crippen molar-refractivity contribution in [2.75, 3.05) is 11.9 Å². The molecule has 1 unspecified atom stereocenters. The Hall–Kier alpha value is -0.250. The van der Waals surface area contributed by atoms with Gasteiger partial charge in [0.15, 0.2) is 0 Å². The van der Waals surface area contributed by atoms with Crippen molar-refractivity contribution in [3.63, 3.8) is 0 Å². The molecule has 0 radical (unpaired) electrons. The molecule has 1 aromatic rings. The standard InChI is InChI=1S/C10H14ClNOS/c1-10(2)8(3-5-13-10)12-7-4-6-14-9(7)11/h4,6,8,12H,3,5H2,1-2H3. The van der Waals surface area contributed by atoms with E-state index in [1.807, 2.05) is 11.4 Å². The number of halogens is 1. The van der Waals surface area contributed by atoms with Crippen molar-refractivity contribution in [2.45, 2.75) is 31.9 Å². The average molecular weight is 232 g/mol. The Balaban J connectivity index is 2.08. The highest BCUT2D eigenvalue weighted by atomic mass is 35.5. The van der Waals surface area contributed by atoms with Crippen molar-refractivity contribution in [2.24, 2.45) is 0 Å². The third kappa shape index (κ3) is 1.90. The van der Waals surface area contributed by atoms with Gasteiger partial charge in [0.05, 0.1) is 17.3 Å². The number of nitrogens with one attached hydrogen (secondary N) is 1. The molecule has 1 atom stereocenters. The maximum atomic E-state index is 6.03.